The zero-order valence-electron chi connectivity index (χ0n) is 14.2. The molecular formula is C20H19BrN4O. The van der Waals surface area contributed by atoms with E-state index < -0.39 is 0 Å². The number of nitrogens with zero attached hydrogens (tertiary/aromatic N) is 2. The Kier molecular flexibility index (Phi) is 4.75. The summed E-state index contributed by atoms with van der Waals surface area (Å²) in [6.07, 6.45) is 0.910. The molecule has 1 amide bonds. The summed E-state index contributed by atoms with van der Waals surface area (Å²) in [5.74, 6) is 0.883. The van der Waals surface area contributed by atoms with Crippen molar-refractivity contribution in [2.45, 2.75) is 12.5 Å². The highest BCUT2D eigenvalue weighted by Gasteiger charge is 2.26. The number of hydrogen-bond donors (Lipinski definition) is 2. The second-order valence-electron chi connectivity index (χ2n) is 6.42. The van der Waals surface area contributed by atoms with Crippen LogP contribution in [0.5, 0.6) is 0 Å². The topological polar surface area (TPSA) is 61.0 Å². The van der Waals surface area contributed by atoms with Gasteiger partial charge in [0.05, 0.1) is 5.69 Å². The third kappa shape index (κ3) is 3.65. The van der Waals surface area contributed by atoms with Crippen LogP contribution in [0.3, 0.4) is 0 Å². The third-order valence-corrected chi connectivity index (χ3v) is 5.08. The summed E-state index contributed by atoms with van der Waals surface area (Å²) in [5.41, 5.74) is 2.79. The minimum atomic E-state index is -0.0369. The number of rotatable bonds is 4. The Morgan fingerprint density at radius 3 is 2.81 bits per heavy atom. The number of carbonyl (C=O) groups excluding carboxylic acids is 1. The molecule has 0 saturated carbocycles. The highest BCUT2D eigenvalue weighted by molar-refractivity contribution is 9.10. The van der Waals surface area contributed by atoms with Crippen molar-refractivity contribution in [3.63, 3.8) is 0 Å². The van der Waals surface area contributed by atoms with Gasteiger partial charge in [-0.3, -0.25) is 9.89 Å². The largest absolute Gasteiger partial charge is 0.353 e. The predicted molar refractivity (Wildman–Crippen MR) is 106 cm³/mol. The Balaban J connectivity index is 1.40. The van der Waals surface area contributed by atoms with Crippen LogP contribution in [0.2, 0.25) is 0 Å². The molecule has 3 aromatic rings. The smallest absolute Gasteiger partial charge is 0.251 e. The molecule has 0 bridgehead atoms. The fraction of sp³-hybridized carbons (Fsp3) is 0.200. The van der Waals surface area contributed by atoms with Crippen LogP contribution < -0.4 is 10.2 Å². The van der Waals surface area contributed by atoms with E-state index >= 15 is 0 Å². The molecule has 1 saturated heterocycles. The number of benzene rings is 2. The lowest BCUT2D eigenvalue weighted by Gasteiger charge is -2.16. The molecular weight excluding hydrogens is 392 g/mol. The second-order valence-corrected chi connectivity index (χ2v) is 7.34. The molecule has 0 aliphatic carbocycles. The fourth-order valence-electron chi connectivity index (χ4n) is 3.22. The van der Waals surface area contributed by atoms with E-state index in [1.807, 2.05) is 42.5 Å². The molecule has 1 unspecified atom stereocenters. The van der Waals surface area contributed by atoms with Crippen molar-refractivity contribution in [3.8, 4) is 11.3 Å². The number of nitrogens with one attached hydrogen (secondary N) is 2. The number of aromatic amines is 1. The van der Waals surface area contributed by atoms with Gasteiger partial charge in [0, 0.05) is 35.2 Å². The van der Waals surface area contributed by atoms with Gasteiger partial charge in [0.15, 0.2) is 5.82 Å². The van der Waals surface area contributed by atoms with Crippen LogP contribution in [0, 0.1) is 0 Å². The second kappa shape index (κ2) is 7.33. The number of anilines is 1. The van der Waals surface area contributed by atoms with Crippen LogP contribution in [0.1, 0.15) is 16.8 Å². The van der Waals surface area contributed by atoms with Crippen LogP contribution in [0.15, 0.2) is 65.1 Å². The first-order chi connectivity index (χ1) is 12.7. The standard InChI is InChI=1S/C20H19BrN4O/c21-16-8-4-7-15(11-16)20(26)22-17-9-10-25(13-17)19-12-18(23-24-19)14-5-2-1-3-6-14/h1-8,11-12,17H,9-10,13H2,(H,22,26)(H,23,24). The van der Waals surface area contributed by atoms with Crippen molar-refractivity contribution in [2.75, 3.05) is 18.0 Å². The van der Waals surface area contributed by atoms with E-state index in [0.717, 1.165) is 41.1 Å². The summed E-state index contributed by atoms with van der Waals surface area (Å²) in [4.78, 5) is 14.6. The van der Waals surface area contributed by atoms with E-state index in [4.69, 9.17) is 0 Å². The Morgan fingerprint density at radius 1 is 1.15 bits per heavy atom. The molecule has 0 spiro atoms. The molecule has 1 atom stereocenters. The molecule has 6 heteroatoms. The first-order valence-electron chi connectivity index (χ1n) is 8.61. The van der Waals surface area contributed by atoms with Gasteiger partial charge in [-0.15, -0.1) is 0 Å². The van der Waals surface area contributed by atoms with E-state index in [9.17, 15) is 4.79 Å². The van der Waals surface area contributed by atoms with Crippen LogP contribution >= 0.6 is 15.9 Å². The van der Waals surface area contributed by atoms with Crippen molar-refractivity contribution in [1.29, 1.82) is 0 Å². The minimum Gasteiger partial charge on any atom is -0.353 e. The minimum absolute atomic E-state index is 0.0369. The number of carbonyl (C=O) groups is 1. The van der Waals surface area contributed by atoms with Gasteiger partial charge in [0.1, 0.15) is 0 Å². The summed E-state index contributed by atoms with van der Waals surface area (Å²) in [5, 5.41) is 10.7. The number of hydrogen-bond acceptors (Lipinski definition) is 3. The van der Waals surface area contributed by atoms with Gasteiger partial charge in [0.2, 0.25) is 0 Å². The SMILES string of the molecule is O=C(NC1CCN(c2cc(-c3ccccc3)[nH]n2)C1)c1cccc(Br)c1. The summed E-state index contributed by atoms with van der Waals surface area (Å²) < 4.78 is 0.906. The van der Waals surface area contributed by atoms with Crippen LogP contribution in [-0.2, 0) is 0 Å². The van der Waals surface area contributed by atoms with Crippen LogP contribution in [0.25, 0.3) is 11.3 Å². The normalized spacial score (nSPS) is 16.7. The van der Waals surface area contributed by atoms with Crippen molar-refractivity contribution >= 4 is 27.7 Å². The maximum atomic E-state index is 12.4. The van der Waals surface area contributed by atoms with Crippen LogP contribution in [-0.4, -0.2) is 35.2 Å². The van der Waals surface area contributed by atoms with Gasteiger partial charge in [-0.25, -0.2) is 0 Å². The molecule has 0 radical (unpaired) electrons. The van der Waals surface area contributed by atoms with E-state index in [-0.39, 0.29) is 11.9 Å². The van der Waals surface area contributed by atoms with Crippen molar-refractivity contribution in [1.82, 2.24) is 15.5 Å². The van der Waals surface area contributed by atoms with E-state index in [1.54, 1.807) is 0 Å². The lowest BCUT2D eigenvalue weighted by molar-refractivity contribution is 0.0940. The quantitative estimate of drug-likeness (QED) is 0.686. The van der Waals surface area contributed by atoms with Gasteiger partial charge in [-0.2, -0.15) is 5.10 Å². The van der Waals surface area contributed by atoms with Gasteiger partial charge in [-0.1, -0.05) is 52.3 Å². The monoisotopic (exact) mass is 410 g/mol. The molecule has 1 aliphatic heterocycles. The lowest BCUT2D eigenvalue weighted by atomic mass is 10.1. The molecule has 2 heterocycles. The van der Waals surface area contributed by atoms with Gasteiger partial charge >= 0.3 is 0 Å². The van der Waals surface area contributed by atoms with Gasteiger partial charge in [0.25, 0.3) is 5.91 Å². The Morgan fingerprint density at radius 2 is 2.00 bits per heavy atom. The molecule has 2 N–H and O–H groups in total. The molecule has 26 heavy (non-hydrogen) atoms. The maximum absolute atomic E-state index is 12.4. The molecule has 1 fully saturated rings. The molecule has 4 rings (SSSR count). The van der Waals surface area contributed by atoms with Crippen molar-refractivity contribution in [3.05, 3.63) is 70.7 Å². The molecule has 2 aromatic carbocycles. The summed E-state index contributed by atoms with van der Waals surface area (Å²) in [7, 11) is 0. The van der Waals surface area contributed by atoms with Crippen LogP contribution in [0.4, 0.5) is 5.82 Å². The fourth-order valence-corrected chi connectivity index (χ4v) is 3.62. The van der Waals surface area contributed by atoms with Gasteiger partial charge < -0.3 is 10.2 Å². The summed E-state index contributed by atoms with van der Waals surface area (Å²) in [6, 6.07) is 19.8. The predicted octanol–water partition coefficient (Wildman–Crippen LogP) is 3.85. The summed E-state index contributed by atoms with van der Waals surface area (Å²) in [6.45, 7) is 1.64. The van der Waals surface area contributed by atoms with E-state index in [1.165, 1.54) is 0 Å². The average Bonchev–Trinajstić information content (AvgIpc) is 3.32. The molecule has 1 aromatic heterocycles. The lowest BCUT2D eigenvalue weighted by Crippen LogP contribution is -2.37. The number of H-pyrrole nitrogens is 1. The highest BCUT2D eigenvalue weighted by Crippen LogP contribution is 2.24. The first kappa shape index (κ1) is 16.8. The Bertz CT molecular complexity index is 909. The Labute approximate surface area is 160 Å². The average molecular weight is 411 g/mol. The zero-order chi connectivity index (χ0) is 17.9. The number of aromatic nitrogens is 2. The molecule has 132 valence electrons. The summed E-state index contributed by atoms with van der Waals surface area (Å²) >= 11 is 3.40. The van der Waals surface area contributed by atoms with E-state index in [0.29, 0.717) is 5.56 Å². The Hall–Kier alpha value is -2.60. The van der Waals surface area contributed by atoms with Crippen molar-refractivity contribution in [2.24, 2.45) is 0 Å². The molecule has 5 nitrogen and oxygen atoms in total. The number of halogens is 1. The maximum Gasteiger partial charge on any atom is 0.251 e. The first-order valence-corrected chi connectivity index (χ1v) is 9.40. The zero-order valence-corrected chi connectivity index (χ0v) is 15.7. The van der Waals surface area contributed by atoms with Crippen molar-refractivity contribution < 1.29 is 4.79 Å². The van der Waals surface area contributed by atoms with Gasteiger partial charge in [-0.05, 0) is 30.2 Å². The third-order valence-electron chi connectivity index (χ3n) is 4.58. The van der Waals surface area contributed by atoms with E-state index in [2.05, 4.69) is 54.5 Å². The number of amides is 1. The molecule has 1 aliphatic rings. The highest BCUT2D eigenvalue weighted by atomic mass is 79.9.